The van der Waals surface area contributed by atoms with Crippen LogP contribution in [0.25, 0.3) is 10.9 Å². The molecule has 0 spiro atoms. The zero-order valence-electron chi connectivity index (χ0n) is 17.1. The zero-order chi connectivity index (χ0) is 21.9. The van der Waals surface area contributed by atoms with Crippen LogP contribution in [0.5, 0.6) is 0 Å². The Kier molecular flexibility index (Phi) is 6.10. The Labute approximate surface area is 173 Å². The van der Waals surface area contributed by atoms with Crippen molar-refractivity contribution in [1.82, 2.24) is 10.3 Å². The number of alkyl halides is 3. The van der Waals surface area contributed by atoms with Gasteiger partial charge < -0.3 is 15.0 Å². The number of carbonyl (C=O) groups excluding carboxylic acids is 1. The van der Waals surface area contributed by atoms with E-state index in [-0.39, 0.29) is 6.42 Å². The van der Waals surface area contributed by atoms with E-state index in [2.05, 4.69) is 10.3 Å². The molecular weight excluding hydrogens is 393 g/mol. The van der Waals surface area contributed by atoms with Gasteiger partial charge in [-0.2, -0.15) is 13.2 Å². The van der Waals surface area contributed by atoms with Gasteiger partial charge in [0.1, 0.15) is 6.10 Å². The van der Waals surface area contributed by atoms with Crippen molar-refractivity contribution < 1.29 is 22.7 Å². The summed E-state index contributed by atoms with van der Waals surface area (Å²) in [7, 11) is 0. The van der Waals surface area contributed by atoms with Crippen LogP contribution >= 0.6 is 0 Å². The van der Waals surface area contributed by atoms with Crippen LogP contribution in [0.2, 0.25) is 0 Å². The Bertz CT molecular complexity index is 1000. The normalized spacial score (nSPS) is 13.3. The van der Waals surface area contributed by atoms with Gasteiger partial charge >= 0.3 is 12.3 Å². The number of hydrogen-bond acceptors (Lipinski definition) is 2. The summed E-state index contributed by atoms with van der Waals surface area (Å²) < 4.78 is 45.1. The van der Waals surface area contributed by atoms with E-state index in [1.165, 1.54) is 6.07 Å². The average molecular weight is 418 g/mol. The molecule has 1 heterocycles. The number of amides is 1. The van der Waals surface area contributed by atoms with E-state index < -0.39 is 29.5 Å². The number of fused-ring (bicyclic) bond motifs is 1. The lowest BCUT2D eigenvalue weighted by molar-refractivity contribution is -0.137. The van der Waals surface area contributed by atoms with E-state index in [0.29, 0.717) is 22.9 Å². The molecule has 160 valence electrons. The molecule has 0 aliphatic rings. The van der Waals surface area contributed by atoms with Gasteiger partial charge in [0.2, 0.25) is 0 Å². The summed E-state index contributed by atoms with van der Waals surface area (Å²) in [6, 6.07) is 13.1. The molecule has 0 saturated heterocycles. The fourth-order valence-electron chi connectivity index (χ4n) is 3.29. The van der Waals surface area contributed by atoms with Gasteiger partial charge in [-0.3, -0.25) is 0 Å². The maximum absolute atomic E-state index is 13.1. The van der Waals surface area contributed by atoms with Crippen molar-refractivity contribution in [3.05, 3.63) is 71.4 Å². The van der Waals surface area contributed by atoms with Crippen LogP contribution in [0.15, 0.2) is 54.7 Å². The van der Waals surface area contributed by atoms with Crippen molar-refractivity contribution in [2.45, 2.75) is 51.4 Å². The molecule has 4 nitrogen and oxygen atoms in total. The number of alkyl carbamates (subject to hydrolysis) is 1. The largest absolute Gasteiger partial charge is 0.446 e. The van der Waals surface area contributed by atoms with Gasteiger partial charge in [0.15, 0.2) is 0 Å². The lowest BCUT2D eigenvalue weighted by Crippen LogP contribution is -2.42. The Hall–Kier alpha value is -2.96. The molecule has 1 amide bonds. The van der Waals surface area contributed by atoms with E-state index in [0.717, 1.165) is 17.7 Å². The lowest BCUT2D eigenvalue weighted by atomic mass is 10.00. The van der Waals surface area contributed by atoms with E-state index in [1.54, 1.807) is 6.20 Å². The SMILES string of the molecule is CC(C)(C)NC(=O)O[C@H](Cc1ccccc1)Cc1c[nH]c2ccc(C(F)(F)F)cc12. The Balaban J connectivity index is 1.87. The Morgan fingerprint density at radius 2 is 1.77 bits per heavy atom. The van der Waals surface area contributed by atoms with Crippen molar-refractivity contribution in [3.63, 3.8) is 0 Å². The minimum Gasteiger partial charge on any atom is -0.446 e. The molecule has 0 aliphatic heterocycles. The number of aromatic amines is 1. The second-order valence-electron chi connectivity index (χ2n) is 8.37. The summed E-state index contributed by atoms with van der Waals surface area (Å²) in [5.41, 5.74) is 1.08. The molecule has 0 saturated carbocycles. The Morgan fingerprint density at radius 1 is 1.07 bits per heavy atom. The maximum Gasteiger partial charge on any atom is 0.416 e. The molecule has 3 aromatic rings. The summed E-state index contributed by atoms with van der Waals surface area (Å²) in [5, 5.41) is 3.24. The Morgan fingerprint density at radius 3 is 2.40 bits per heavy atom. The van der Waals surface area contributed by atoms with Gasteiger partial charge in [-0.05, 0) is 50.1 Å². The van der Waals surface area contributed by atoms with Crippen molar-refractivity contribution in [3.8, 4) is 0 Å². The quantitative estimate of drug-likeness (QED) is 0.545. The molecule has 0 unspecified atom stereocenters. The zero-order valence-corrected chi connectivity index (χ0v) is 17.1. The highest BCUT2D eigenvalue weighted by Crippen LogP contribution is 2.32. The smallest absolute Gasteiger partial charge is 0.416 e. The standard InChI is InChI=1S/C23H25F3N2O2/c1-22(2,3)28-21(29)30-18(11-15-7-5-4-6-8-15)12-16-14-27-20-10-9-17(13-19(16)20)23(24,25)26/h4-10,13-14,18,27H,11-12H2,1-3H3,(H,28,29)/t18-/m1/s1. The van der Waals surface area contributed by atoms with Crippen molar-refractivity contribution in [2.75, 3.05) is 0 Å². The molecule has 0 radical (unpaired) electrons. The van der Waals surface area contributed by atoms with Crippen LogP contribution in [0.4, 0.5) is 18.0 Å². The van der Waals surface area contributed by atoms with Gasteiger partial charge in [0.25, 0.3) is 0 Å². The minimum atomic E-state index is -4.42. The minimum absolute atomic E-state index is 0.285. The molecule has 0 fully saturated rings. The van der Waals surface area contributed by atoms with Crippen LogP contribution in [-0.4, -0.2) is 22.7 Å². The molecule has 0 bridgehead atoms. The first-order valence-electron chi connectivity index (χ1n) is 9.71. The number of ether oxygens (including phenoxy) is 1. The number of carbonyl (C=O) groups is 1. The number of aromatic nitrogens is 1. The highest BCUT2D eigenvalue weighted by molar-refractivity contribution is 5.84. The third-order valence-electron chi connectivity index (χ3n) is 4.60. The molecule has 1 aromatic heterocycles. The van der Waals surface area contributed by atoms with Crippen molar-refractivity contribution in [1.29, 1.82) is 0 Å². The summed E-state index contributed by atoms with van der Waals surface area (Å²) in [6.45, 7) is 5.54. The molecule has 2 aromatic carbocycles. The summed E-state index contributed by atoms with van der Waals surface area (Å²) in [4.78, 5) is 15.4. The third kappa shape index (κ3) is 5.78. The number of H-pyrrole nitrogens is 1. The van der Waals surface area contributed by atoms with Crippen molar-refractivity contribution in [2.24, 2.45) is 0 Å². The molecule has 1 atom stereocenters. The average Bonchev–Trinajstić information content (AvgIpc) is 3.02. The van der Waals surface area contributed by atoms with Crippen LogP contribution in [0, 0.1) is 0 Å². The lowest BCUT2D eigenvalue weighted by Gasteiger charge is -2.24. The first-order chi connectivity index (χ1) is 14.0. The first-order valence-corrected chi connectivity index (χ1v) is 9.71. The van der Waals surface area contributed by atoms with Gasteiger partial charge in [-0.25, -0.2) is 4.79 Å². The topological polar surface area (TPSA) is 54.1 Å². The van der Waals surface area contributed by atoms with Crippen LogP contribution < -0.4 is 5.32 Å². The summed E-state index contributed by atoms with van der Waals surface area (Å²) >= 11 is 0. The fraction of sp³-hybridized carbons (Fsp3) is 0.348. The second kappa shape index (κ2) is 8.42. The molecule has 7 heteroatoms. The predicted molar refractivity (Wildman–Crippen MR) is 110 cm³/mol. The van der Waals surface area contributed by atoms with Crippen LogP contribution in [0.3, 0.4) is 0 Å². The van der Waals surface area contributed by atoms with E-state index in [4.69, 9.17) is 4.74 Å². The van der Waals surface area contributed by atoms with E-state index >= 15 is 0 Å². The third-order valence-corrected chi connectivity index (χ3v) is 4.60. The molecule has 30 heavy (non-hydrogen) atoms. The van der Waals surface area contributed by atoms with Gasteiger partial charge in [0.05, 0.1) is 5.56 Å². The number of hydrogen-bond donors (Lipinski definition) is 2. The first kappa shape index (κ1) is 21.7. The van der Waals surface area contributed by atoms with E-state index in [1.807, 2.05) is 51.1 Å². The number of benzene rings is 2. The van der Waals surface area contributed by atoms with Crippen LogP contribution in [0.1, 0.15) is 37.5 Å². The molecule has 0 aliphatic carbocycles. The van der Waals surface area contributed by atoms with Gasteiger partial charge in [-0.15, -0.1) is 0 Å². The number of nitrogens with one attached hydrogen (secondary N) is 2. The van der Waals surface area contributed by atoms with Gasteiger partial charge in [0, 0.05) is 35.5 Å². The maximum atomic E-state index is 13.1. The molecule has 3 rings (SSSR count). The number of halogens is 3. The molecular formula is C23H25F3N2O2. The summed E-state index contributed by atoms with van der Waals surface area (Å²) in [5.74, 6) is 0. The highest BCUT2D eigenvalue weighted by Gasteiger charge is 2.31. The fourth-order valence-corrected chi connectivity index (χ4v) is 3.29. The van der Waals surface area contributed by atoms with Crippen molar-refractivity contribution >= 4 is 17.0 Å². The highest BCUT2D eigenvalue weighted by atomic mass is 19.4. The summed E-state index contributed by atoms with van der Waals surface area (Å²) in [6.07, 6.45) is -3.11. The molecule has 2 N–H and O–H groups in total. The van der Waals surface area contributed by atoms with Crippen LogP contribution in [-0.2, 0) is 23.8 Å². The van der Waals surface area contributed by atoms with E-state index in [9.17, 15) is 18.0 Å². The van der Waals surface area contributed by atoms with Gasteiger partial charge in [-0.1, -0.05) is 30.3 Å². The number of rotatable bonds is 5. The monoisotopic (exact) mass is 418 g/mol. The predicted octanol–water partition coefficient (Wildman–Crippen LogP) is 5.87. The second-order valence-corrected chi connectivity index (χ2v) is 8.37.